The Morgan fingerprint density at radius 1 is 1.19 bits per heavy atom. The van der Waals surface area contributed by atoms with Crippen molar-refractivity contribution in [2.24, 2.45) is 11.8 Å². The van der Waals surface area contributed by atoms with Gasteiger partial charge in [0, 0.05) is 31.5 Å². The highest BCUT2D eigenvalue weighted by Gasteiger charge is 2.36. The Morgan fingerprint density at radius 3 is 2.00 bits per heavy atom. The third-order valence-corrected chi connectivity index (χ3v) is 2.73. The second-order valence-corrected chi connectivity index (χ2v) is 4.88. The summed E-state index contributed by atoms with van der Waals surface area (Å²) in [5.41, 5.74) is 0. The molecule has 2 atom stereocenters. The molecule has 3 N–H and O–H groups in total. The Balaban J connectivity index is 0.000000221. The van der Waals surface area contributed by atoms with Crippen LogP contribution in [0.5, 0.6) is 0 Å². The molecule has 8 heteroatoms. The van der Waals surface area contributed by atoms with Gasteiger partial charge in [-0.1, -0.05) is 0 Å². The van der Waals surface area contributed by atoms with Crippen molar-refractivity contribution in [3.05, 3.63) is 0 Å². The molecule has 0 saturated carbocycles. The highest BCUT2D eigenvalue weighted by Crippen LogP contribution is 2.28. The van der Waals surface area contributed by atoms with Crippen LogP contribution in [-0.4, -0.2) is 67.0 Å². The van der Waals surface area contributed by atoms with Gasteiger partial charge in [0.15, 0.2) is 0 Å². The molecule has 2 aliphatic rings. The van der Waals surface area contributed by atoms with Crippen molar-refractivity contribution in [2.45, 2.75) is 0 Å². The highest BCUT2D eigenvalue weighted by atomic mass is 32.3. The number of fused-ring (bicyclic) bond motifs is 1. The molecule has 0 bridgehead atoms. The molecule has 16 heavy (non-hydrogen) atoms. The number of β-amino-alcohol motifs (C(OH)–C–C–N with tert-alkyl or cyclic N) is 1. The van der Waals surface area contributed by atoms with Crippen molar-refractivity contribution < 1.29 is 27.4 Å². The zero-order valence-corrected chi connectivity index (χ0v) is 9.64. The minimum absolute atomic E-state index is 0.292. The molecule has 0 aromatic heterocycles. The van der Waals surface area contributed by atoms with Crippen LogP contribution in [0, 0.1) is 11.8 Å². The maximum Gasteiger partial charge on any atom is 0.394 e. The predicted octanol–water partition coefficient (Wildman–Crippen LogP) is -1.10. The van der Waals surface area contributed by atoms with E-state index in [-0.39, 0.29) is 0 Å². The summed E-state index contributed by atoms with van der Waals surface area (Å²) in [4.78, 5) is 2.33. The Bertz CT molecular complexity index is 286. The van der Waals surface area contributed by atoms with Gasteiger partial charge >= 0.3 is 10.4 Å². The molecule has 0 spiro atoms. The van der Waals surface area contributed by atoms with Crippen LogP contribution in [0.1, 0.15) is 0 Å². The van der Waals surface area contributed by atoms with E-state index in [0.29, 0.717) is 6.61 Å². The van der Waals surface area contributed by atoms with Crippen LogP contribution in [0.25, 0.3) is 0 Å². The van der Waals surface area contributed by atoms with E-state index in [9.17, 15) is 0 Å². The standard InChI is InChI=1S/C8H15NO2.H2O4S/c10-2-1-9-3-7-5-11-6-8(7)4-9;1-5(2,3)4/h7-8,10H,1-6H2;(H2,1,2,3,4). The van der Waals surface area contributed by atoms with E-state index < -0.39 is 10.4 Å². The van der Waals surface area contributed by atoms with Crippen molar-refractivity contribution in [3.63, 3.8) is 0 Å². The first-order valence-corrected chi connectivity index (χ1v) is 6.40. The minimum Gasteiger partial charge on any atom is -0.395 e. The monoisotopic (exact) mass is 255 g/mol. The van der Waals surface area contributed by atoms with Gasteiger partial charge < -0.3 is 14.7 Å². The summed E-state index contributed by atoms with van der Waals surface area (Å²) in [6.07, 6.45) is 0. The van der Waals surface area contributed by atoms with E-state index in [1.165, 1.54) is 0 Å². The van der Waals surface area contributed by atoms with Gasteiger partial charge in [0.2, 0.25) is 0 Å². The molecule has 7 nitrogen and oxygen atoms in total. The van der Waals surface area contributed by atoms with Crippen molar-refractivity contribution in [2.75, 3.05) is 39.5 Å². The van der Waals surface area contributed by atoms with Crippen LogP contribution < -0.4 is 0 Å². The molecule has 0 aromatic rings. The summed E-state index contributed by atoms with van der Waals surface area (Å²) >= 11 is 0. The predicted molar refractivity (Wildman–Crippen MR) is 55.5 cm³/mol. The minimum atomic E-state index is -4.67. The first-order valence-electron chi connectivity index (χ1n) is 5.01. The number of rotatable bonds is 2. The van der Waals surface area contributed by atoms with Gasteiger partial charge in [0.1, 0.15) is 0 Å². The smallest absolute Gasteiger partial charge is 0.394 e. The number of aliphatic hydroxyl groups excluding tert-OH is 1. The maximum atomic E-state index is 8.74. The van der Waals surface area contributed by atoms with Crippen molar-refractivity contribution >= 4 is 10.4 Å². The van der Waals surface area contributed by atoms with Crippen molar-refractivity contribution in [3.8, 4) is 0 Å². The lowest BCUT2D eigenvalue weighted by molar-refractivity contribution is 0.145. The summed E-state index contributed by atoms with van der Waals surface area (Å²) in [6.45, 7) is 5.27. The molecule has 2 unspecified atom stereocenters. The lowest BCUT2D eigenvalue weighted by atomic mass is 10.0. The van der Waals surface area contributed by atoms with Gasteiger partial charge in [-0.15, -0.1) is 0 Å². The van der Waals surface area contributed by atoms with Gasteiger partial charge in [0.05, 0.1) is 19.8 Å². The topological polar surface area (TPSA) is 107 Å². The Morgan fingerprint density at radius 2 is 1.62 bits per heavy atom. The molecule has 2 heterocycles. The second kappa shape index (κ2) is 5.89. The van der Waals surface area contributed by atoms with E-state index >= 15 is 0 Å². The van der Waals surface area contributed by atoms with Crippen molar-refractivity contribution in [1.82, 2.24) is 4.90 Å². The number of aliphatic hydroxyl groups is 1. The fourth-order valence-electron chi connectivity index (χ4n) is 2.11. The van der Waals surface area contributed by atoms with E-state index in [2.05, 4.69) is 4.90 Å². The fourth-order valence-corrected chi connectivity index (χ4v) is 2.11. The number of nitrogens with zero attached hydrogens (tertiary/aromatic N) is 1. The van der Waals surface area contributed by atoms with Gasteiger partial charge in [-0.05, 0) is 0 Å². The molecule has 2 aliphatic heterocycles. The fraction of sp³-hybridized carbons (Fsp3) is 1.00. The Kier molecular flexibility index (Phi) is 5.09. The van der Waals surface area contributed by atoms with Crippen LogP contribution in [0.2, 0.25) is 0 Å². The van der Waals surface area contributed by atoms with Gasteiger partial charge in [0.25, 0.3) is 0 Å². The van der Waals surface area contributed by atoms with Gasteiger partial charge in [-0.3, -0.25) is 9.11 Å². The second-order valence-electron chi connectivity index (χ2n) is 3.99. The summed E-state index contributed by atoms with van der Waals surface area (Å²) in [6, 6.07) is 0. The highest BCUT2D eigenvalue weighted by molar-refractivity contribution is 7.79. The molecule has 0 amide bonds. The van der Waals surface area contributed by atoms with Crippen LogP contribution in [0.3, 0.4) is 0 Å². The average Bonchev–Trinajstić information content (AvgIpc) is 2.60. The zero-order chi connectivity index (χ0) is 12.2. The van der Waals surface area contributed by atoms with Crippen LogP contribution in [-0.2, 0) is 15.1 Å². The SMILES string of the molecule is O=S(=O)(O)O.OCCN1CC2COCC2C1. The normalized spacial score (nSPS) is 29.7. The summed E-state index contributed by atoms with van der Waals surface area (Å²) in [5, 5.41) is 8.72. The molecule has 96 valence electrons. The van der Waals surface area contributed by atoms with Gasteiger partial charge in [-0.25, -0.2) is 0 Å². The molecule has 2 fully saturated rings. The molecular formula is C8H17NO6S. The molecular weight excluding hydrogens is 238 g/mol. The number of ether oxygens (including phenoxy) is 1. The molecule has 2 saturated heterocycles. The first-order chi connectivity index (χ1) is 7.40. The van der Waals surface area contributed by atoms with Crippen LogP contribution in [0.4, 0.5) is 0 Å². The largest absolute Gasteiger partial charge is 0.395 e. The Hall–Kier alpha value is -0.250. The van der Waals surface area contributed by atoms with E-state index in [4.69, 9.17) is 27.4 Å². The Labute approximate surface area is 94.6 Å². The molecule has 0 radical (unpaired) electrons. The molecule has 0 aliphatic carbocycles. The lowest BCUT2D eigenvalue weighted by Gasteiger charge is -2.14. The average molecular weight is 255 g/mol. The lowest BCUT2D eigenvalue weighted by Crippen LogP contribution is -2.25. The van der Waals surface area contributed by atoms with E-state index in [0.717, 1.165) is 44.7 Å². The number of hydrogen-bond acceptors (Lipinski definition) is 5. The van der Waals surface area contributed by atoms with E-state index in [1.54, 1.807) is 0 Å². The summed E-state index contributed by atoms with van der Waals surface area (Å²) in [7, 11) is -4.67. The number of hydrogen-bond donors (Lipinski definition) is 3. The third-order valence-electron chi connectivity index (χ3n) is 2.73. The summed E-state index contributed by atoms with van der Waals surface area (Å²) in [5.74, 6) is 1.50. The van der Waals surface area contributed by atoms with Crippen LogP contribution in [0.15, 0.2) is 0 Å². The molecule has 2 rings (SSSR count). The van der Waals surface area contributed by atoms with Crippen molar-refractivity contribution in [1.29, 1.82) is 0 Å². The quantitative estimate of drug-likeness (QED) is 0.538. The zero-order valence-electron chi connectivity index (χ0n) is 8.82. The number of likely N-dealkylation sites (tertiary alicyclic amines) is 1. The molecule has 0 aromatic carbocycles. The summed E-state index contributed by atoms with van der Waals surface area (Å²) < 4.78 is 36.9. The first kappa shape index (κ1) is 13.8. The third kappa shape index (κ3) is 5.19. The van der Waals surface area contributed by atoms with Gasteiger partial charge in [-0.2, -0.15) is 8.42 Å². The maximum absolute atomic E-state index is 8.74. The van der Waals surface area contributed by atoms with Crippen LogP contribution >= 0.6 is 0 Å². The van der Waals surface area contributed by atoms with E-state index in [1.807, 2.05) is 0 Å².